The van der Waals surface area contributed by atoms with Gasteiger partial charge in [0, 0.05) is 33.0 Å². The molecule has 204 valence electrons. The van der Waals surface area contributed by atoms with Crippen molar-refractivity contribution in [2.75, 3.05) is 0 Å². The van der Waals surface area contributed by atoms with Gasteiger partial charge in [-0.2, -0.15) is 0 Å². The van der Waals surface area contributed by atoms with Crippen molar-refractivity contribution in [3.63, 3.8) is 0 Å². The summed E-state index contributed by atoms with van der Waals surface area (Å²) in [5, 5.41) is 7.75. The van der Waals surface area contributed by atoms with E-state index >= 15 is 0 Å². The minimum Gasteiger partial charge on any atom is -0.246 e. The van der Waals surface area contributed by atoms with E-state index < -0.39 is 0 Å². The first-order valence-corrected chi connectivity index (χ1v) is 15.8. The van der Waals surface area contributed by atoms with Gasteiger partial charge in [0.15, 0.2) is 0 Å². The van der Waals surface area contributed by atoms with Gasteiger partial charge in [0.05, 0.1) is 11.0 Å². The third kappa shape index (κ3) is 2.87. The van der Waals surface area contributed by atoms with E-state index in [0.29, 0.717) is 5.92 Å². The first-order chi connectivity index (χ1) is 21.8. The van der Waals surface area contributed by atoms with Crippen LogP contribution in [0, 0.1) is 0 Å². The number of aromatic nitrogens is 1. The third-order valence-electron chi connectivity index (χ3n) is 10.7. The summed E-state index contributed by atoms with van der Waals surface area (Å²) in [7, 11) is 0. The monoisotopic (exact) mass is 557 g/mol. The molecule has 44 heavy (non-hydrogen) atoms. The summed E-state index contributed by atoms with van der Waals surface area (Å²) < 4.78 is 0. The molecule has 1 unspecified atom stereocenters. The molecular formula is C43H27N. The highest BCUT2D eigenvalue weighted by Gasteiger charge is 2.32. The Kier molecular flexibility index (Phi) is 4.33. The average molecular weight is 558 g/mol. The summed E-state index contributed by atoms with van der Waals surface area (Å²) in [6, 6.07) is 23.2. The summed E-state index contributed by atoms with van der Waals surface area (Å²) in [6.45, 7) is 0. The van der Waals surface area contributed by atoms with Crippen LogP contribution < -0.4 is 0 Å². The molecule has 0 spiro atoms. The molecule has 0 amide bonds. The molecule has 11 rings (SSSR count). The van der Waals surface area contributed by atoms with Gasteiger partial charge in [0.25, 0.3) is 0 Å². The van der Waals surface area contributed by atoms with E-state index in [1.807, 2.05) is 0 Å². The van der Waals surface area contributed by atoms with Crippen molar-refractivity contribution < 1.29 is 0 Å². The number of fused-ring (bicyclic) bond motifs is 4. The molecule has 5 aromatic carbocycles. The zero-order chi connectivity index (χ0) is 28.5. The Hall–Kier alpha value is -5.27. The zero-order valence-corrected chi connectivity index (χ0v) is 24.2. The second-order valence-electron chi connectivity index (χ2n) is 12.9. The maximum absolute atomic E-state index is 5.63. The molecule has 0 saturated carbocycles. The highest BCUT2D eigenvalue weighted by molar-refractivity contribution is 6.24. The van der Waals surface area contributed by atoms with E-state index in [4.69, 9.17) is 4.98 Å². The number of allylic oxidation sites excluding steroid dienone is 9. The number of hydrogen-bond donors (Lipinski definition) is 0. The molecule has 1 atom stereocenters. The lowest BCUT2D eigenvalue weighted by Crippen LogP contribution is -2.17. The Morgan fingerprint density at radius 1 is 0.591 bits per heavy atom. The molecule has 5 aliphatic rings. The molecule has 0 bridgehead atoms. The first-order valence-electron chi connectivity index (χ1n) is 15.8. The number of pyridine rings is 1. The maximum atomic E-state index is 5.63. The van der Waals surface area contributed by atoms with Crippen molar-refractivity contribution >= 4 is 61.6 Å². The fourth-order valence-corrected chi connectivity index (χ4v) is 8.89. The fourth-order valence-electron chi connectivity index (χ4n) is 8.89. The van der Waals surface area contributed by atoms with Crippen LogP contribution in [-0.2, 0) is 19.3 Å². The van der Waals surface area contributed by atoms with E-state index in [9.17, 15) is 0 Å². The van der Waals surface area contributed by atoms with Crippen LogP contribution in [0.4, 0.5) is 0 Å². The molecule has 1 heteroatoms. The Labute approximate surface area is 255 Å². The van der Waals surface area contributed by atoms with Crippen molar-refractivity contribution in [1.29, 1.82) is 0 Å². The highest BCUT2D eigenvalue weighted by atomic mass is 14.7. The lowest BCUT2D eigenvalue weighted by Gasteiger charge is -2.34. The molecule has 5 aliphatic carbocycles. The van der Waals surface area contributed by atoms with Crippen LogP contribution in [0.1, 0.15) is 44.9 Å². The Morgan fingerprint density at radius 2 is 1.39 bits per heavy atom. The van der Waals surface area contributed by atoms with E-state index in [2.05, 4.69) is 121 Å². The lowest BCUT2D eigenvalue weighted by molar-refractivity contribution is 0.893. The standard InChI is InChI=1S/C43H27N/c1-8-26-16-17-28-19-21-32(31-20-18-27(9-1)39(26)40(28)31)41-35-22-29-12-2-6-24-10-4-14-33(37(24)29)42(35)44-43-34-15-5-11-25-7-3-13-30(38(25)34)23-36(41)43/h1-6,8-11,13-16,18-23,39H,7,12,17H2. The highest BCUT2D eigenvalue weighted by Crippen LogP contribution is 2.51. The number of benzene rings is 5. The second kappa shape index (κ2) is 8.21. The minimum atomic E-state index is 0.324. The van der Waals surface area contributed by atoms with Gasteiger partial charge in [-0.25, -0.2) is 4.98 Å². The number of hydrogen-bond acceptors (Lipinski definition) is 1. The van der Waals surface area contributed by atoms with Crippen LogP contribution in [0.5, 0.6) is 0 Å². The maximum Gasteiger partial charge on any atom is 0.0795 e. The number of nitrogens with zero attached hydrogens (tertiary/aromatic N) is 1. The molecule has 0 fully saturated rings. The normalized spacial score (nSPS) is 18.3. The SMILES string of the molecule is C1=CC2=CCc3ccc(-c4c5cc6c7c(cccc7c5nc5c4cc4c7c(cccc75)C=CC4)CC=C6)c4c3C2C(=C1)C=C4. The van der Waals surface area contributed by atoms with E-state index in [1.54, 1.807) is 0 Å². The molecule has 1 aromatic heterocycles. The van der Waals surface area contributed by atoms with E-state index in [-0.39, 0.29) is 0 Å². The van der Waals surface area contributed by atoms with Crippen LogP contribution in [0.15, 0.2) is 114 Å². The van der Waals surface area contributed by atoms with Gasteiger partial charge in [-0.05, 0) is 97.8 Å². The predicted octanol–water partition coefficient (Wildman–Crippen LogP) is 10.6. The van der Waals surface area contributed by atoms with Crippen molar-refractivity contribution in [3.8, 4) is 11.1 Å². The first kappa shape index (κ1) is 23.2. The lowest BCUT2D eigenvalue weighted by atomic mass is 9.69. The molecule has 0 radical (unpaired) electrons. The molecular weight excluding hydrogens is 530 g/mol. The summed E-state index contributed by atoms with van der Waals surface area (Å²) >= 11 is 0. The van der Waals surface area contributed by atoms with Crippen molar-refractivity contribution in [3.05, 3.63) is 153 Å². The fraction of sp³-hybridized carbons (Fsp3) is 0.0930. The quantitative estimate of drug-likeness (QED) is 0.145. The van der Waals surface area contributed by atoms with Crippen LogP contribution in [0.3, 0.4) is 0 Å². The van der Waals surface area contributed by atoms with Gasteiger partial charge >= 0.3 is 0 Å². The van der Waals surface area contributed by atoms with Crippen molar-refractivity contribution in [2.24, 2.45) is 0 Å². The zero-order valence-electron chi connectivity index (χ0n) is 24.2. The van der Waals surface area contributed by atoms with Crippen LogP contribution >= 0.6 is 0 Å². The van der Waals surface area contributed by atoms with Gasteiger partial charge in [-0.15, -0.1) is 0 Å². The average Bonchev–Trinajstić information content (AvgIpc) is 3.07. The molecule has 0 N–H and O–H groups in total. The van der Waals surface area contributed by atoms with Crippen LogP contribution in [0.2, 0.25) is 0 Å². The third-order valence-corrected chi connectivity index (χ3v) is 10.7. The van der Waals surface area contributed by atoms with Crippen molar-refractivity contribution in [1.82, 2.24) is 4.98 Å². The Bertz CT molecular complexity index is 2540. The minimum absolute atomic E-state index is 0.324. The van der Waals surface area contributed by atoms with Gasteiger partial charge < -0.3 is 0 Å². The molecule has 0 saturated heterocycles. The second-order valence-corrected chi connectivity index (χ2v) is 12.9. The van der Waals surface area contributed by atoms with E-state index in [0.717, 1.165) is 30.3 Å². The largest absolute Gasteiger partial charge is 0.246 e. The Morgan fingerprint density at radius 3 is 2.30 bits per heavy atom. The molecule has 1 heterocycles. The summed E-state index contributed by atoms with van der Waals surface area (Å²) in [4.78, 5) is 5.63. The molecule has 1 nitrogen and oxygen atoms in total. The van der Waals surface area contributed by atoms with Gasteiger partial charge in [0.2, 0.25) is 0 Å². The van der Waals surface area contributed by atoms with Crippen LogP contribution in [-0.4, -0.2) is 4.98 Å². The topological polar surface area (TPSA) is 12.9 Å². The summed E-state index contributed by atoms with van der Waals surface area (Å²) in [5.74, 6) is 0.324. The van der Waals surface area contributed by atoms with Gasteiger partial charge in [-0.3, -0.25) is 0 Å². The Balaban J connectivity index is 1.36. The van der Waals surface area contributed by atoms with Gasteiger partial charge in [0.1, 0.15) is 0 Å². The summed E-state index contributed by atoms with van der Waals surface area (Å²) in [5.41, 5.74) is 17.4. The number of rotatable bonds is 1. The smallest absolute Gasteiger partial charge is 0.0795 e. The van der Waals surface area contributed by atoms with Gasteiger partial charge in [-0.1, -0.05) is 109 Å². The van der Waals surface area contributed by atoms with Crippen molar-refractivity contribution in [2.45, 2.75) is 25.2 Å². The predicted molar refractivity (Wildman–Crippen MR) is 186 cm³/mol. The molecule has 0 aliphatic heterocycles. The van der Waals surface area contributed by atoms with E-state index in [1.165, 1.54) is 93.5 Å². The summed E-state index contributed by atoms with van der Waals surface area (Å²) in [6.07, 6.45) is 26.1. The van der Waals surface area contributed by atoms with Crippen LogP contribution in [0.25, 0.3) is 72.7 Å². The molecule has 6 aromatic rings.